The highest BCUT2D eigenvalue weighted by Crippen LogP contribution is 2.23. The molecule has 3 N–H and O–H groups in total. The fourth-order valence-electron chi connectivity index (χ4n) is 2.32. The third-order valence-corrected chi connectivity index (χ3v) is 4.66. The summed E-state index contributed by atoms with van der Waals surface area (Å²) >= 11 is 1.18. The minimum absolute atomic E-state index is 0.339. The summed E-state index contributed by atoms with van der Waals surface area (Å²) in [5.41, 5.74) is 4.70. The predicted octanol–water partition coefficient (Wildman–Crippen LogP) is 2.66. The molecule has 0 aliphatic heterocycles. The number of amides is 1. The minimum atomic E-state index is -0.567. The molecule has 0 aliphatic carbocycles. The lowest BCUT2D eigenvalue weighted by atomic mass is 10.1. The number of pyridine rings is 1. The summed E-state index contributed by atoms with van der Waals surface area (Å²) in [6.07, 6.45) is 4.21. The van der Waals surface area contributed by atoms with Gasteiger partial charge in [-0.25, -0.2) is 10.5 Å². The SMILES string of the molecule is O=C(NO)c1cnc(-c2ccc(CNCCc3ccccc3)cn2)s1. The molecule has 0 radical (unpaired) electrons. The van der Waals surface area contributed by atoms with Crippen LogP contribution >= 0.6 is 11.3 Å². The van der Waals surface area contributed by atoms with Crippen LogP contribution in [0.25, 0.3) is 10.7 Å². The van der Waals surface area contributed by atoms with Gasteiger partial charge in [0.1, 0.15) is 9.88 Å². The zero-order valence-electron chi connectivity index (χ0n) is 13.5. The Hall–Kier alpha value is -2.61. The van der Waals surface area contributed by atoms with Crippen LogP contribution < -0.4 is 10.8 Å². The zero-order valence-corrected chi connectivity index (χ0v) is 14.3. The van der Waals surface area contributed by atoms with Crippen LogP contribution in [0.1, 0.15) is 20.8 Å². The Balaban J connectivity index is 1.52. The number of benzene rings is 1. The van der Waals surface area contributed by atoms with Gasteiger partial charge >= 0.3 is 0 Å². The molecule has 0 unspecified atom stereocenters. The number of thiazole rings is 1. The maximum Gasteiger partial charge on any atom is 0.286 e. The molecule has 0 fully saturated rings. The number of carbonyl (C=O) groups excluding carboxylic acids is 1. The molecular weight excluding hydrogens is 336 g/mol. The summed E-state index contributed by atoms with van der Waals surface area (Å²) in [6.45, 7) is 1.65. The average molecular weight is 354 g/mol. The standard InChI is InChI=1S/C18H18N4O2S/c23-17(22-24)16-12-21-18(25-16)15-7-6-14(11-20-15)10-19-9-8-13-4-2-1-3-5-13/h1-7,11-12,19,24H,8-10H2,(H,22,23). The Bertz CT molecular complexity index is 819. The van der Waals surface area contributed by atoms with Gasteiger partial charge in [0, 0.05) is 12.7 Å². The number of hydrogen-bond acceptors (Lipinski definition) is 6. The summed E-state index contributed by atoms with van der Waals surface area (Å²) < 4.78 is 0. The highest BCUT2D eigenvalue weighted by atomic mass is 32.1. The van der Waals surface area contributed by atoms with Crippen molar-refractivity contribution in [1.82, 2.24) is 20.8 Å². The zero-order chi connectivity index (χ0) is 17.5. The molecule has 0 bridgehead atoms. The molecule has 7 heteroatoms. The van der Waals surface area contributed by atoms with Gasteiger partial charge in [-0.05, 0) is 30.2 Å². The summed E-state index contributed by atoms with van der Waals surface area (Å²) in [5, 5.41) is 12.7. The third-order valence-electron chi connectivity index (χ3n) is 3.64. The van der Waals surface area contributed by atoms with Crippen molar-refractivity contribution in [3.63, 3.8) is 0 Å². The molecule has 3 aromatic rings. The van der Waals surface area contributed by atoms with Crippen molar-refractivity contribution in [3.8, 4) is 10.7 Å². The quantitative estimate of drug-likeness (QED) is 0.345. The molecule has 25 heavy (non-hydrogen) atoms. The molecule has 0 spiro atoms. The van der Waals surface area contributed by atoms with E-state index in [0.29, 0.717) is 15.6 Å². The van der Waals surface area contributed by atoms with Crippen LogP contribution in [0, 0.1) is 0 Å². The summed E-state index contributed by atoms with van der Waals surface area (Å²) in [6, 6.07) is 14.2. The normalized spacial score (nSPS) is 10.6. The summed E-state index contributed by atoms with van der Waals surface area (Å²) in [4.78, 5) is 20.2. The van der Waals surface area contributed by atoms with E-state index in [1.165, 1.54) is 23.1 Å². The average Bonchev–Trinajstić information content (AvgIpc) is 3.16. The molecule has 6 nitrogen and oxygen atoms in total. The molecule has 2 heterocycles. The van der Waals surface area contributed by atoms with Crippen molar-refractivity contribution < 1.29 is 10.0 Å². The molecule has 0 aliphatic rings. The third kappa shape index (κ3) is 4.69. The van der Waals surface area contributed by atoms with Crippen LogP contribution in [0.2, 0.25) is 0 Å². The van der Waals surface area contributed by atoms with Crippen LogP contribution in [-0.2, 0) is 13.0 Å². The van der Waals surface area contributed by atoms with E-state index < -0.39 is 5.91 Å². The molecule has 0 atom stereocenters. The lowest BCUT2D eigenvalue weighted by molar-refractivity contribution is 0.0710. The smallest absolute Gasteiger partial charge is 0.286 e. The number of aromatic nitrogens is 2. The van der Waals surface area contributed by atoms with Gasteiger partial charge in [-0.1, -0.05) is 36.4 Å². The van der Waals surface area contributed by atoms with Crippen LogP contribution in [0.4, 0.5) is 0 Å². The summed E-state index contributed by atoms with van der Waals surface area (Å²) in [7, 11) is 0. The van der Waals surface area contributed by atoms with Crippen molar-refractivity contribution in [1.29, 1.82) is 0 Å². The van der Waals surface area contributed by atoms with Gasteiger partial charge < -0.3 is 5.32 Å². The van der Waals surface area contributed by atoms with Gasteiger partial charge in [0.2, 0.25) is 0 Å². The second-order valence-corrected chi connectivity index (χ2v) is 6.47. The molecule has 2 aromatic heterocycles. The predicted molar refractivity (Wildman–Crippen MR) is 96.5 cm³/mol. The van der Waals surface area contributed by atoms with Crippen LogP contribution in [0.5, 0.6) is 0 Å². The van der Waals surface area contributed by atoms with E-state index in [0.717, 1.165) is 25.1 Å². The number of nitrogens with zero attached hydrogens (tertiary/aromatic N) is 2. The van der Waals surface area contributed by atoms with Gasteiger partial charge in [0.15, 0.2) is 0 Å². The molecule has 1 aromatic carbocycles. The van der Waals surface area contributed by atoms with E-state index in [2.05, 4.69) is 27.4 Å². The molecular formula is C18H18N4O2S. The fourth-order valence-corrected chi connectivity index (χ4v) is 3.10. The molecule has 0 saturated carbocycles. The molecule has 0 saturated heterocycles. The lowest BCUT2D eigenvalue weighted by Gasteiger charge is -2.05. The van der Waals surface area contributed by atoms with Crippen molar-refractivity contribution in [2.45, 2.75) is 13.0 Å². The maximum atomic E-state index is 11.3. The van der Waals surface area contributed by atoms with E-state index in [-0.39, 0.29) is 0 Å². The van der Waals surface area contributed by atoms with E-state index in [9.17, 15) is 4.79 Å². The monoisotopic (exact) mass is 354 g/mol. The Morgan fingerprint density at radius 3 is 2.60 bits per heavy atom. The van der Waals surface area contributed by atoms with E-state index in [1.807, 2.05) is 30.3 Å². The highest BCUT2D eigenvalue weighted by molar-refractivity contribution is 7.16. The van der Waals surface area contributed by atoms with E-state index in [4.69, 9.17) is 5.21 Å². The largest absolute Gasteiger partial charge is 0.312 e. The number of carbonyl (C=O) groups is 1. The Kier molecular flexibility index (Phi) is 5.84. The molecule has 128 valence electrons. The summed E-state index contributed by atoms with van der Waals surface area (Å²) in [5.74, 6) is -0.567. The lowest BCUT2D eigenvalue weighted by Crippen LogP contribution is -2.16. The van der Waals surface area contributed by atoms with Crippen LogP contribution in [0.15, 0.2) is 54.9 Å². The molecule has 1 amide bonds. The number of hydroxylamine groups is 1. The van der Waals surface area contributed by atoms with Crippen LogP contribution in [-0.4, -0.2) is 27.6 Å². The number of hydrogen-bond donors (Lipinski definition) is 3. The van der Waals surface area contributed by atoms with Gasteiger partial charge in [-0.2, -0.15) is 0 Å². The van der Waals surface area contributed by atoms with Gasteiger partial charge in [0.05, 0.1) is 11.9 Å². The fraction of sp³-hybridized carbons (Fsp3) is 0.167. The topological polar surface area (TPSA) is 87.1 Å². The van der Waals surface area contributed by atoms with Crippen molar-refractivity contribution >= 4 is 17.2 Å². The second-order valence-electron chi connectivity index (χ2n) is 5.43. The van der Waals surface area contributed by atoms with Crippen molar-refractivity contribution in [2.24, 2.45) is 0 Å². The minimum Gasteiger partial charge on any atom is -0.312 e. The van der Waals surface area contributed by atoms with Gasteiger partial charge in [0.25, 0.3) is 5.91 Å². The van der Waals surface area contributed by atoms with Gasteiger partial charge in [-0.15, -0.1) is 11.3 Å². The number of rotatable bonds is 7. The maximum absolute atomic E-state index is 11.3. The first-order valence-corrected chi connectivity index (χ1v) is 8.68. The van der Waals surface area contributed by atoms with Crippen molar-refractivity contribution in [3.05, 3.63) is 70.9 Å². The highest BCUT2D eigenvalue weighted by Gasteiger charge is 2.11. The van der Waals surface area contributed by atoms with Crippen LogP contribution in [0.3, 0.4) is 0 Å². The van der Waals surface area contributed by atoms with E-state index >= 15 is 0 Å². The first kappa shape index (κ1) is 17.2. The Morgan fingerprint density at radius 2 is 1.88 bits per heavy atom. The Morgan fingerprint density at radius 1 is 1.04 bits per heavy atom. The molecule has 3 rings (SSSR count). The Labute approximate surface area is 149 Å². The van der Waals surface area contributed by atoms with Gasteiger partial charge in [-0.3, -0.25) is 15.0 Å². The number of nitrogens with one attached hydrogen (secondary N) is 2. The van der Waals surface area contributed by atoms with Crippen molar-refractivity contribution in [2.75, 3.05) is 6.54 Å². The second kappa shape index (κ2) is 8.48. The first-order chi connectivity index (χ1) is 12.3. The van der Waals surface area contributed by atoms with E-state index in [1.54, 1.807) is 11.7 Å². The first-order valence-electron chi connectivity index (χ1n) is 7.86.